The average molecular weight is 505 g/mol. The van der Waals surface area contributed by atoms with Gasteiger partial charge in [-0.2, -0.15) is 5.10 Å². The van der Waals surface area contributed by atoms with Gasteiger partial charge >= 0.3 is 0 Å². The third-order valence-corrected chi connectivity index (χ3v) is 8.16. The molecule has 2 saturated carbocycles. The fraction of sp³-hybridized carbons (Fsp3) is 0.542. The third-order valence-electron chi connectivity index (χ3n) is 7.46. The van der Waals surface area contributed by atoms with Crippen molar-refractivity contribution in [2.24, 2.45) is 0 Å². The first kappa shape index (κ1) is 22.5. The lowest BCUT2D eigenvalue weighted by Gasteiger charge is -2.39. The number of likely N-dealkylation sites (tertiary alicyclic amines) is 1. The van der Waals surface area contributed by atoms with Crippen molar-refractivity contribution >= 4 is 45.7 Å². The van der Waals surface area contributed by atoms with Crippen molar-refractivity contribution in [3.05, 3.63) is 40.3 Å². The first-order valence-electron chi connectivity index (χ1n) is 12.0. The molecule has 0 radical (unpaired) electrons. The van der Waals surface area contributed by atoms with Crippen molar-refractivity contribution in [3.8, 4) is 0 Å². The summed E-state index contributed by atoms with van der Waals surface area (Å²) in [7, 11) is 0. The number of piperidine rings is 1. The number of nitrogens with zero attached hydrogens (tertiary/aromatic N) is 5. The number of alkyl halides is 1. The maximum Gasteiger partial charge on any atom is 0.227 e. The molecular weight excluding hydrogens is 478 g/mol. The monoisotopic (exact) mass is 504 g/mol. The highest BCUT2D eigenvalue weighted by molar-refractivity contribution is 6.32. The highest BCUT2D eigenvalue weighted by Gasteiger charge is 2.38. The molecule has 4 atom stereocenters. The van der Waals surface area contributed by atoms with Gasteiger partial charge in [0.1, 0.15) is 6.17 Å². The predicted octanol–water partition coefficient (Wildman–Crippen LogP) is 5.25. The number of hydrogen-bond acceptors (Lipinski definition) is 6. The van der Waals surface area contributed by atoms with Gasteiger partial charge in [0.25, 0.3) is 0 Å². The van der Waals surface area contributed by atoms with Gasteiger partial charge in [-0.25, -0.2) is 19.0 Å². The molecule has 2 aliphatic carbocycles. The van der Waals surface area contributed by atoms with Crippen molar-refractivity contribution in [1.82, 2.24) is 24.6 Å². The number of aliphatic hydroxyl groups is 1. The number of aliphatic hydroxyl groups excluding tert-OH is 1. The number of nitrogens with one attached hydrogen (secondary N) is 1. The number of halogens is 3. The number of fused-ring (bicyclic) bond motifs is 1. The summed E-state index contributed by atoms with van der Waals surface area (Å²) in [5.41, 5.74) is 2.13. The molecule has 0 amide bonds. The van der Waals surface area contributed by atoms with Gasteiger partial charge < -0.3 is 10.4 Å². The van der Waals surface area contributed by atoms with Crippen LogP contribution in [0.2, 0.25) is 10.2 Å². The Balaban J connectivity index is 1.23. The Morgan fingerprint density at radius 2 is 1.94 bits per heavy atom. The van der Waals surface area contributed by atoms with Gasteiger partial charge in [0.15, 0.2) is 5.15 Å². The van der Waals surface area contributed by atoms with Crippen LogP contribution in [0.3, 0.4) is 0 Å². The van der Waals surface area contributed by atoms with Crippen molar-refractivity contribution < 1.29 is 9.50 Å². The van der Waals surface area contributed by atoms with Gasteiger partial charge in [-0.1, -0.05) is 23.2 Å². The molecule has 3 heterocycles. The average Bonchev–Trinajstić information content (AvgIpc) is 3.47. The molecule has 0 spiro atoms. The second kappa shape index (κ2) is 8.90. The van der Waals surface area contributed by atoms with Gasteiger partial charge in [-0.3, -0.25) is 4.90 Å². The van der Waals surface area contributed by atoms with E-state index in [0.29, 0.717) is 46.3 Å². The van der Waals surface area contributed by atoms with Gasteiger partial charge in [0.2, 0.25) is 5.95 Å². The summed E-state index contributed by atoms with van der Waals surface area (Å²) in [5, 5.41) is 19.6. The lowest BCUT2D eigenvalue weighted by molar-refractivity contribution is 0.0271. The summed E-state index contributed by atoms with van der Waals surface area (Å²) in [6.07, 6.45) is 7.57. The van der Waals surface area contributed by atoms with E-state index in [0.717, 1.165) is 49.6 Å². The maximum absolute atomic E-state index is 15.4. The van der Waals surface area contributed by atoms with Crippen LogP contribution in [-0.4, -0.2) is 61.2 Å². The Labute approximate surface area is 207 Å². The van der Waals surface area contributed by atoms with E-state index in [1.165, 1.54) is 0 Å². The van der Waals surface area contributed by atoms with E-state index >= 15 is 4.39 Å². The number of anilines is 2. The van der Waals surface area contributed by atoms with Crippen molar-refractivity contribution in [1.29, 1.82) is 0 Å². The fourth-order valence-corrected chi connectivity index (χ4v) is 6.05. The molecule has 3 fully saturated rings. The lowest BCUT2D eigenvalue weighted by Crippen LogP contribution is -2.49. The Morgan fingerprint density at radius 1 is 1.09 bits per heavy atom. The summed E-state index contributed by atoms with van der Waals surface area (Å²) in [6, 6.07) is 4.15. The molecule has 1 saturated heterocycles. The molecule has 180 valence electrons. The quantitative estimate of drug-likeness (QED) is 0.493. The van der Waals surface area contributed by atoms with Gasteiger partial charge in [0.05, 0.1) is 29.5 Å². The number of rotatable bonds is 5. The van der Waals surface area contributed by atoms with E-state index in [1.54, 1.807) is 12.4 Å². The van der Waals surface area contributed by atoms with E-state index < -0.39 is 6.17 Å². The minimum atomic E-state index is -1.05. The Kier molecular flexibility index (Phi) is 5.88. The first-order chi connectivity index (χ1) is 16.5. The Hall–Kier alpha value is -2.00. The molecule has 10 heteroatoms. The molecule has 1 aromatic carbocycles. The Morgan fingerprint density at radius 3 is 2.68 bits per heavy atom. The lowest BCUT2D eigenvalue weighted by atomic mass is 9.86. The summed E-state index contributed by atoms with van der Waals surface area (Å²) < 4.78 is 17.2. The van der Waals surface area contributed by atoms with E-state index in [4.69, 9.17) is 23.2 Å². The van der Waals surface area contributed by atoms with Crippen LogP contribution >= 0.6 is 23.2 Å². The van der Waals surface area contributed by atoms with Crippen LogP contribution in [0.1, 0.15) is 56.0 Å². The zero-order valence-corrected chi connectivity index (χ0v) is 20.2. The summed E-state index contributed by atoms with van der Waals surface area (Å²) in [6.45, 7) is 1.07. The molecule has 2 unspecified atom stereocenters. The van der Waals surface area contributed by atoms with Crippen molar-refractivity contribution in [2.45, 2.75) is 68.8 Å². The van der Waals surface area contributed by atoms with Crippen molar-refractivity contribution in [3.63, 3.8) is 0 Å². The minimum absolute atomic E-state index is 0.0729. The highest BCUT2D eigenvalue weighted by atomic mass is 35.5. The first-order valence-corrected chi connectivity index (χ1v) is 12.8. The summed E-state index contributed by atoms with van der Waals surface area (Å²) in [5.74, 6) is 0.101. The van der Waals surface area contributed by atoms with Crippen LogP contribution in [0, 0.1) is 0 Å². The van der Waals surface area contributed by atoms with E-state index in [1.807, 2.05) is 16.8 Å². The van der Waals surface area contributed by atoms with Crippen molar-refractivity contribution in [2.75, 3.05) is 18.4 Å². The van der Waals surface area contributed by atoms with Gasteiger partial charge in [0, 0.05) is 35.1 Å². The van der Waals surface area contributed by atoms with E-state index in [2.05, 4.69) is 25.3 Å². The number of hydrogen-bond donors (Lipinski definition) is 2. The van der Waals surface area contributed by atoms with Crippen LogP contribution in [-0.2, 0) is 0 Å². The molecule has 1 aliphatic heterocycles. The number of aromatic nitrogens is 4. The third kappa shape index (κ3) is 4.15. The van der Waals surface area contributed by atoms with Crippen LogP contribution in [0.5, 0.6) is 0 Å². The molecular formula is C24H27Cl2FN6O. The number of benzene rings is 1. The topological polar surface area (TPSA) is 79.1 Å². The highest BCUT2D eigenvalue weighted by Crippen LogP contribution is 2.40. The molecule has 34 heavy (non-hydrogen) atoms. The standard InChI is InChI=1S/C24H27Cl2FN6O/c25-17-8-13-10-28-24(31-20-11-29-33(23(20)26)14-4-5-14)30-19(13)9-16(17)15-6-7-32(12-18(15)27)21-2-1-3-22(21)34/h8-11,14-15,18,21-22,34H,1-7,12H2,(H,28,30,31)/t15-,18+,21?,22?/m0/s1. The predicted molar refractivity (Wildman–Crippen MR) is 131 cm³/mol. The second-order valence-electron chi connectivity index (χ2n) is 9.75. The van der Waals surface area contributed by atoms with Crippen LogP contribution < -0.4 is 5.32 Å². The summed E-state index contributed by atoms with van der Waals surface area (Å²) in [4.78, 5) is 11.2. The smallest absolute Gasteiger partial charge is 0.227 e. The van der Waals surface area contributed by atoms with Crippen LogP contribution in [0.4, 0.5) is 16.0 Å². The van der Waals surface area contributed by atoms with E-state index in [9.17, 15) is 5.11 Å². The van der Waals surface area contributed by atoms with Crippen LogP contribution in [0.25, 0.3) is 10.9 Å². The zero-order valence-electron chi connectivity index (χ0n) is 18.7. The molecule has 3 aromatic rings. The minimum Gasteiger partial charge on any atom is -0.391 e. The second-order valence-corrected chi connectivity index (χ2v) is 10.5. The fourth-order valence-electron chi connectivity index (χ4n) is 5.46. The van der Waals surface area contributed by atoms with Crippen LogP contribution in [0.15, 0.2) is 24.5 Å². The molecule has 3 aliphatic rings. The molecule has 2 N–H and O–H groups in total. The molecule has 2 aromatic heterocycles. The molecule has 0 bridgehead atoms. The zero-order chi connectivity index (χ0) is 23.4. The molecule has 6 rings (SSSR count). The largest absolute Gasteiger partial charge is 0.391 e. The SMILES string of the molecule is OC1CCCC1N1CC[C@@H](c2cc3nc(Nc4cnn(C5CC5)c4Cl)ncc3cc2Cl)[C@H](F)C1. The maximum atomic E-state index is 15.4. The molecule has 7 nitrogen and oxygen atoms in total. The van der Waals surface area contributed by atoms with Gasteiger partial charge in [-0.15, -0.1) is 0 Å². The normalized spacial score (nSPS) is 28.0. The van der Waals surface area contributed by atoms with Gasteiger partial charge in [-0.05, 0) is 62.8 Å². The van der Waals surface area contributed by atoms with E-state index in [-0.39, 0.29) is 18.1 Å². The Bertz CT molecular complexity index is 1220. The summed E-state index contributed by atoms with van der Waals surface area (Å²) >= 11 is 13.1.